The first-order chi connectivity index (χ1) is 13.7. The zero-order valence-electron chi connectivity index (χ0n) is 19.3. The number of aliphatic hydroxyl groups excluding tert-OH is 1. The lowest BCUT2D eigenvalue weighted by atomic mass is 9.47. The Labute approximate surface area is 178 Å². The molecule has 0 saturated heterocycles. The number of fused-ring (bicyclic) bond motifs is 5. The first kappa shape index (κ1) is 21.3. The molecule has 29 heavy (non-hydrogen) atoms. The molecule has 3 saturated carbocycles. The molecule has 0 unspecified atom stereocenters. The van der Waals surface area contributed by atoms with Crippen LogP contribution in [0.5, 0.6) is 0 Å². The maximum atomic E-state index is 12.9. The van der Waals surface area contributed by atoms with Crippen LogP contribution in [0.15, 0.2) is 23.3 Å². The van der Waals surface area contributed by atoms with Crippen LogP contribution in [-0.2, 0) is 4.79 Å². The molecule has 1 N–H and O–H groups in total. The van der Waals surface area contributed by atoms with Crippen molar-refractivity contribution >= 4 is 5.78 Å². The van der Waals surface area contributed by atoms with Crippen LogP contribution in [0.25, 0.3) is 0 Å². The molecule has 0 heterocycles. The lowest BCUT2D eigenvalue weighted by Crippen LogP contribution is -2.51. The highest BCUT2D eigenvalue weighted by Gasteiger charge is 2.59. The summed E-state index contributed by atoms with van der Waals surface area (Å²) in [4.78, 5) is 12.9. The molecular weight excluding hydrogens is 356 g/mol. The number of rotatable bonds is 4. The molecule has 0 radical (unpaired) electrons. The molecule has 3 fully saturated rings. The molecule has 0 aliphatic heterocycles. The zero-order chi connectivity index (χ0) is 21.0. The van der Waals surface area contributed by atoms with E-state index in [-0.39, 0.29) is 12.0 Å². The van der Waals surface area contributed by atoms with E-state index < -0.39 is 0 Å². The summed E-state index contributed by atoms with van der Waals surface area (Å²) in [5.74, 6) is 3.52. The van der Waals surface area contributed by atoms with E-state index in [1.54, 1.807) is 5.57 Å². The van der Waals surface area contributed by atoms with E-state index in [0.29, 0.717) is 29.0 Å². The summed E-state index contributed by atoms with van der Waals surface area (Å²) in [6, 6.07) is 0. The Morgan fingerprint density at radius 1 is 1.17 bits per heavy atom. The molecule has 2 heteroatoms. The predicted molar refractivity (Wildman–Crippen MR) is 119 cm³/mol. The standard InChI is InChI=1S/C27H42O2/c1-17(2)6-11-25(29)18(3)22-9-10-23-21-8-7-19-16-20(28)12-14-26(19,4)24(21)13-15-27(22,23)5/h6-7,18,20-24,28H,8-16H2,1-5H3/t18-,20+,21-,22+,23-,24-,26-,27+/m0/s1. The molecule has 2 nitrogen and oxygen atoms in total. The fourth-order valence-electron chi connectivity index (χ4n) is 8.22. The van der Waals surface area contributed by atoms with Gasteiger partial charge in [-0.15, -0.1) is 0 Å². The number of hydrogen-bond acceptors (Lipinski definition) is 2. The predicted octanol–water partition coefficient (Wildman–Crippen LogP) is 6.49. The van der Waals surface area contributed by atoms with Gasteiger partial charge in [-0.25, -0.2) is 0 Å². The summed E-state index contributed by atoms with van der Waals surface area (Å²) in [5, 5.41) is 10.2. The van der Waals surface area contributed by atoms with Crippen LogP contribution in [0.3, 0.4) is 0 Å². The second kappa shape index (κ2) is 7.66. The number of carbonyl (C=O) groups is 1. The Bertz CT molecular complexity index is 714. The van der Waals surface area contributed by atoms with Crippen molar-refractivity contribution in [1.82, 2.24) is 0 Å². The van der Waals surface area contributed by atoms with Crippen LogP contribution >= 0.6 is 0 Å². The lowest BCUT2D eigenvalue weighted by Gasteiger charge is -2.58. The second-order valence-electron chi connectivity index (χ2n) is 11.6. The average Bonchev–Trinajstić information content (AvgIpc) is 3.03. The van der Waals surface area contributed by atoms with Crippen molar-refractivity contribution < 1.29 is 9.90 Å². The quantitative estimate of drug-likeness (QED) is 0.550. The molecule has 8 atom stereocenters. The number of carbonyl (C=O) groups excluding carboxylic acids is 1. The lowest BCUT2D eigenvalue weighted by molar-refractivity contribution is -0.126. The van der Waals surface area contributed by atoms with Gasteiger partial charge in [0.15, 0.2) is 0 Å². The molecule has 0 aromatic heterocycles. The minimum Gasteiger partial charge on any atom is -0.393 e. The van der Waals surface area contributed by atoms with Crippen LogP contribution in [-0.4, -0.2) is 17.0 Å². The largest absolute Gasteiger partial charge is 0.393 e. The summed E-state index contributed by atoms with van der Waals surface area (Å²) < 4.78 is 0. The molecule has 0 amide bonds. The van der Waals surface area contributed by atoms with Gasteiger partial charge in [-0.2, -0.15) is 0 Å². The van der Waals surface area contributed by atoms with Crippen molar-refractivity contribution in [1.29, 1.82) is 0 Å². The molecular formula is C27H42O2. The van der Waals surface area contributed by atoms with Gasteiger partial charge in [0.2, 0.25) is 0 Å². The molecule has 4 aliphatic carbocycles. The molecule has 4 rings (SSSR count). The topological polar surface area (TPSA) is 37.3 Å². The molecule has 4 aliphatic rings. The summed E-state index contributed by atoms with van der Waals surface area (Å²) in [6.45, 7) is 11.4. The summed E-state index contributed by atoms with van der Waals surface area (Å²) >= 11 is 0. The van der Waals surface area contributed by atoms with Crippen LogP contribution < -0.4 is 0 Å². The second-order valence-corrected chi connectivity index (χ2v) is 11.6. The number of allylic oxidation sites excluding steroid dienone is 3. The van der Waals surface area contributed by atoms with Gasteiger partial charge in [0, 0.05) is 12.3 Å². The highest BCUT2D eigenvalue weighted by atomic mass is 16.3. The fraction of sp³-hybridized carbons (Fsp3) is 0.815. The van der Waals surface area contributed by atoms with E-state index >= 15 is 0 Å². The van der Waals surface area contributed by atoms with Crippen molar-refractivity contribution in [2.24, 2.45) is 40.4 Å². The monoisotopic (exact) mass is 398 g/mol. The minimum atomic E-state index is -0.122. The van der Waals surface area contributed by atoms with Gasteiger partial charge < -0.3 is 5.11 Å². The van der Waals surface area contributed by atoms with Crippen molar-refractivity contribution in [2.45, 2.75) is 98.5 Å². The Morgan fingerprint density at radius 3 is 2.66 bits per heavy atom. The maximum absolute atomic E-state index is 12.9. The number of hydrogen-bond donors (Lipinski definition) is 1. The number of Topliss-reactive ketones (excluding diaryl/α,β-unsaturated/α-hetero) is 1. The molecule has 0 spiro atoms. The summed E-state index contributed by atoms with van der Waals surface area (Å²) in [6.07, 6.45) is 14.5. The minimum absolute atomic E-state index is 0.122. The maximum Gasteiger partial charge on any atom is 0.139 e. The highest BCUT2D eigenvalue weighted by molar-refractivity contribution is 5.82. The number of aliphatic hydroxyl groups is 1. The van der Waals surface area contributed by atoms with Gasteiger partial charge in [0.1, 0.15) is 5.78 Å². The van der Waals surface area contributed by atoms with Crippen molar-refractivity contribution in [3.05, 3.63) is 23.3 Å². The molecule has 0 aromatic rings. The van der Waals surface area contributed by atoms with Crippen LogP contribution in [0.1, 0.15) is 92.4 Å². The number of ketones is 1. The van der Waals surface area contributed by atoms with E-state index in [9.17, 15) is 9.90 Å². The first-order valence-electron chi connectivity index (χ1n) is 12.2. The fourth-order valence-corrected chi connectivity index (χ4v) is 8.22. The Hall–Kier alpha value is -0.890. The summed E-state index contributed by atoms with van der Waals surface area (Å²) in [5.41, 5.74) is 3.45. The first-order valence-corrected chi connectivity index (χ1v) is 12.2. The smallest absolute Gasteiger partial charge is 0.139 e. The van der Waals surface area contributed by atoms with Crippen LogP contribution in [0.2, 0.25) is 0 Å². The highest BCUT2D eigenvalue weighted by Crippen LogP contribution is 2.67. The van der Waals surface area contributed by atoms with Crippen LogP contribution in [0, 0.1) is 40.4 Å². The van der Waals surface area contributed by atoms with E-state index in [1.807, 2.05) is 0 Å². The van der Waals surface area contributed by atoms with E-state index in [2.05, 4.69) is 46.8 Å². The Balaban J connectivity index is 1.54. The third-order valence-corrected chi connectivity index (χ3v) is 9.97. The SMILES string of the molecule is CC(C)=CCC(=O)[C@@H](C)[C@H]1CC[C@H]2[C@@H]3CC=C4C[C@H](O)CC[C@]4(C)[C@H]3CC[C@]12C. The molecule has 0 aromatic carbocycles. The third kappa shape index (κ3) is 3.48. The van der Waals surface area contributed by atoms with Gasteiger partial charge in [0.05, 0.1) is 6.10 Å². The van der Waals surface area contributed by atoms with E-state index in [4.69, 9.17) is 0 Å². The van der Waals surface area contributed by atoms with Gasteiger partial charge in [0.25, 0.3) is 0 Å². The Morgan fingerprint density at radius 2 is 1.93 bits per heavy atom. The average molecular weight is 399 g/mol. The van der Waals surface area contributed by atoms with E-state index in [1.165, 1.54) is 37.7 Å². The van der Waals surface area contributed by atoms with Crippen molar-refractivity contribution in [3.63, 3.8) is 0 Å². The van der Waals surface area contributed by atoms with Crippen molar-refractivity contribution in [3.8, 4) is 0 Å². The van der Waals surface area contributed by atoms with Gasteiger partial charge >= 0.3 is 0 Å². The van der Waals surface area contributed by atoms with Gasteiger partial charge in [-0.3, -0.25) is 4.79 Å². The van der Waals surface area contributed by atoms with Crippen molar-refractivity contribution in [2.75, 3.05) is 0 Å². The molecule has 162 valence electrons. The van der Waals surface area contributed by atoms with Gasteiger partial charge in [-0.1, -0.05) is 44.1 Å². The normalized spacial score (nSPS) is 44.8. The summed E-state index contributed by atoms with van der Waals surface area (Å²) in [7, 11) is 0. The zero-order valence-corrected chi connectivity index (χ0v) is 19.3. The van der Waals surface area contributed by atoms with Crippen LogP contribution in [0.4, 0.5) is 0 Å². The van der Waals surface area contributed by atoms with E-state index in [0.717, 1.165) is 37.0 Å². The third-order valence-electron chi connectivity index (χ3n) is 9.97. The Kier molecular flexibility index (Phi) is 5.64. The molecule has 0 bridgehead atoms. The van der Waals surface area contributed by atoms with Gasteiger partial charge in [-0.05, 0) is 99.7 Å².